The van der Waals surface area contributed by atoms with Gasteiger partial charge < -0.3 is 10.6 Å². The van der Waals surface area contributed by atoms with Crippen LogP contribution in [0.3, 0.4) is 0 Å². The van der Waals surface area contributed by atoms with Crippen molar-refractivity contribution in [3.63, 3.8) is 0 Å². The number of aromatic nitrogens is 2. The van der Waals surface area contributed by atoms with Crippen LogP contribution in [-0.4, -0.2) is 29.1 Å². The van der Waals surface area contributed by atoms with Gasteiger partial charge in [0, 0.05) is 31.0 Å². The van der Waals surface area contributed by atoms with Gasteiger partial charge in [-0.2, -0.15) is 0 Å². The maximum absolute atomic E-state index is 5.89. The number of piperidine rings is 1. The molecule has 4 nitrogen and oxygen atoms in total. The number of nitrogens with two attached hydrogens (primary N) is 1. The summed E-state index contributed by atoms with van der Waals surface area (Å²) in [6.07, 6.45) is 4.97. The number of hydrogen-bond donors (Lipinski definition) is 1. The Labute approximate surface area is 96.9 Å². The maximum atomic E-state index is 5.89. The van der Waals surface area contributed by atoms with Crippen LogP contribution in [0.4, 0.5) is 5.95 Å². The lowest BCUT2D eigenvalue weighted by Crippen LogP contribution is -2.40. The largest absolute Gasteiger partial charge is 0.341 e. The Balaban J connectivity index is 2.14. The van der Waals surface area contributed by atoms with Crippen LogP contribution in [0, 0.1) is 6.92 Å². The molecular weight excluding hydrogens is 200 g/mol. The lowest BCUT2D eigenvalue weighted by molar-refractivity contribution is 0.495. The van der Waals surface area contributed by atoms with Gasteiger partial charge in [0.1, 0.15) is 0 Å². The van der Waals surface area contributed by atoms with E-state index in [9.17, 15) is 0 Å². The van der Waals surface area contributed by atoms with Gasteiger partial charge in [0.15, 0.2) is 0 Å². The average molecular weight is 220 g/mol. The number of nitrogens with zero attached hydrogens (tertiary/aromatic N) is 3. The number of anilines is 1. The molecule has 88 valence electrons. The molecule has 2 N–H and O–H groups in total. The minimum absolute atomic E-state index is 0.354. The van der Waals surface area contributed by atoms with Crippen LogP contribution in [0.25, 0.3) is 0 Å². The molecule has 1 aliphatic rings. The highest BCUT2D eigenvalue weighted by Crippen LogP contribution is 2.16. The summed E-state index contributed by atoms with van der Waals surface area (Å²) in [5, 5.41) is 0. The molecule has 0 saturated carbocycles. The number of aryl methyl sites for hydroxylation is 2. The normalized spacial score (nSPS) is 17.8. The SMILES string of the molecule is CCc1nc(N2CCC(N)CC2)ncc1C. The summed E-state index contributed by atoms with van der Waals surface area (Å²) in [5.41, 5.74) is 8.22. The summed E-state index contributed by atoms with van der Waals surface area (Å²) in [5.74, 6) is 0.870. The summed E-state index contributed by atoms with van der Waals surface area (Å²) in [4.78, 5) is 11.3. The first-order valence-electron chi connectivity index (χ1n) is 6.03. The number of hydrogen-bond acceptors (Lipinski definition) is 4. The highest BCUT2D eigenvalue weighted by Gasteiger charge is 2.18. The monoisotopic (exact) mass is 220 g/mol. The lowest BCUT2D eigenvalue weighted by atomic mass is 10.1. The summed E-state index contributed by atoms with van der Waals surface area (Å²) >= 11 is 0. The van der Waals surface area contributed by atoms with Crippen molar-refractivity contribution in [2.24, 2.45) is 5.73 Å². The zero-order valence-corrected chi connectivity index (χ0v) is 10.1. The fraction of sp³-hybridized carbons (Fsp3) is 0.667. The highest BCUT2D eigenvalue weighted by atomic mass is 15.3. The van der Waals surface area contributed by atoms with E-state index in [4.69, 9.17) is 5.73 Å². The van der Waals surface area contributed by atoms with Gasteiger partial charge in [-0.15, -0.1) is 0 Å². The van der Waals surface area contributed by atoms with Crippen LogP contribution in [0.2, 0.25) is 0 Å². The molecule has 4 heteroatoms. The molecule has 0 amide bonds. The first-order chi connectivity index (χ1) is 7.70. The Morgan fingerprint density at radius 1 is 1.44 bits per heavy atom. The Bertz CT molecular complexity index is 356. The molecule has 1 aliphatic heterocycles. The second-order valence-corrected chi connectivity index (χ2v) is 4.48. The van der Waals surface area contributed by atoms with Crippen molar-refractivity contribution in [1.29, 1.82) is 0 Å². The Morgan fingerprint density at radius 3 is 2.75 bits per heavy atom. The van der Waals surface area contributed by atoms with E-state index in [0.29, 0.717) is 6.04 Å². The van der Waals surface area contributed by atoms with Gasteiger partial charge in [-0.1, -0.05) is 6.92 Å². The molecule has 2 heterocycles. The quantitative estimate of drug-likeness (QED) is 0.815. The summed E-state index contributed by atoms with van der Waals surface area (Å²) < 4.78 is 0. The van der Waals surface area contributed by atoms with Gasteiger partial charge in [-0.25, -0.2) is 9.97 Å². The first-order valence-corrected chi connectivity index (χ1v) is 6.03. The van der Waals surface area contributed by atoms with E-state index < -0.39 is 0 Å². The molecule has 0 bridgehead atoms. The predicted molar refractivity (Wildman–Crippen MR) is 65.6 cm³/mol. The van der Waals surface area contributed by atoms with Crippen molar-refractivity contribution in [3.05, 3.63) is 17.5 Å². The highest BCUT2D eigenvalue weighted by molar-refractivity contribution is 5.33. The van der Waals surface area contributed by atoms with Gasteiger partial charge in [-0.05, 0) is 31.7 Å². The van der Waals surface area contributed by atoms with Crippen molar-refractivity contribution in [2.45, 2.75) is 39.2 Å². The Morgan fingerprint density at radius 2 is 2.12 bits per heavy atom. The predicted octanol–water partition coefficient (Wildman–Crippen LogP) is 1.27. The standard InChI is InChI=1S/C12H20N4/c1-3-11-9(2)8-14-12(15-11)16-6-4-10(13)5-7-16/h8,10H,3-7,13H2,1-2H3. The molecule has 0 unspecified atom stereocenters. The van der Waals surface area contributed by atoms with E-state index in [1.807, 2.05) is 6.20 Å². The minimum Gasteiger partial charge on any atom is -0.341 e. The molecule has 0 atom stereocenters. The fourth-order valence-corrected chi connectivity index (χ4v) is 2.08. The molecule has 0 radical (unpaired) electrons. The Hall–Kier alpha value is -1.16. The van der Waals surface area contributed by atoms with Crippen molar-refractivity contribution in [2.75, 3.05) is 18.0 Å². The second-order valence-electron chi connectivity index (χ2n) is 4.48. The van der Waals surface area contributed by atoms with Crippen molar-refractivity contribution >= 4 is 5.95 Å². The van der Waals surface area contributed by atoms with E-state index >= 15 is 0 Å². The molecule has 1 fully saturated rings. The summed E-state index contributed by atoms with van der Waals surface area (Å²) in [7, 11) is 0. The minimum atomic E-state index is 0.354. The van der Waals surface area contributed by atoms with E-state index in [1.165, 1.54) is 5.56 Å². The van der Waals surface area contributed by atoms with Gasteiger partial charge in [0.2, 0.25) is 5.95 Å². The van der Waals surface area contributed by atoms with E-state index in [0.717, 1.165) is 44.0 Å². The smallest absolute Gasteiger partial charge is 0.225 e. The summed E-state index contributed by atoms with van der Waals surface area (Å²) in [6, 6.07) is 0.354. The molecule has 0 spiro atoms. The van der Waals surface area contributed by atoms with Crippen molar-refractivity contribution in [3.8, 4) is 0 Å². The second kappa shape index (κ2) is 4.78. The Kier molecular flexibility index (Phi) is 3.39. The zero-order valence-electron chi connectivity index (χ0n) is 10.1. The molecule has 0 aliphatic carbocycles. The van der Waals surface area contributed by atoms with E-state index in [-0.39, 0.29) is 0 Å². The van der Waals surface area contributed by atoms with Gasteiger partial charge >= 0.3 is 0 Å². The maximum Gasteiger partial charge on any atom is 0.225 e. The third kappa shape index (κ3) is 2.32. The fourth-order valence-electron chi connectivity index (χ4n) is 2.08. The van der Waals surface area contributed by atoms with Crippen LogP contribution < -0.4 is 10.6 Å². The third-order valence-electron chi connectivity index (χ3n) is 3.22. The molecular formula is C12H20N4. The molecule has 2 rings (SSSR count). The van der Waals surface area contributed by atoms with Crippen LogP contribution in [0.1, 0.15) is 31.0 Å². The van der Waals surface area contributed by atoms with Crippen molar-refractivity contribution < 1.29 is 0 Å². The molecule has 1 aromatic rings. The van der Waals surface area contributed by atoms with Crippen LogP contribution in [0.15, 0.2) is 6.20 Å². The van der Waals surface area contributed by atoms with E-state index in [2.05, 4.69) is 28.7 Å². The van der Waals surface area contributed by atoms with Gasteiger partial charge in [0.05, 0.1) is 0 Å². The van der Waals surface area contributed by atoms with E-state index in [1.54, 1.807) is 0 Å². The lowest BCUT2D eigenvalue weighted by Gasteiger charge is -2.30. The van der Waals surface area contributed by atoms with Crippen LogP contribution >= 0.6 is 0 Å². The van der Waals surface area contributed by atoms with Crippen molar-refractivity contribution in [1.82, 2.24) is 9.97 Å². The van der Waals surface area contributed by atoms with Gasteiger partial charge in [0.25, 0.3) is 0 Å². The number of rotatable bonds is 2. The molecule has 1 aromatic heterocycles. The molecule has 16 heavy (non-hydrogen) atoms. The first kappa shape index (κ1) is 11.3. The third-order valence-corrected chi connectivity index (χ3v) is 3.22. The molecule has 0 aromatic carbocycles. The van der Waals surface area contributed by atoms with Gasteiger partial charge in [-0.3, -0.25) is 0 Å². The topological polar surface area (TPSA) is 55.0 Å². The average Bonchev–Trinajstić information content (AvgIpc) is 2.31. The van der Waals surface area contributed by atoms with Crippen LogP contribution in [0.5, 0.6) is 0 Å². The zero-order chi connectivity index (χ0) is 11.5. The van der Waals surface area contributed by atoms with Crippen LogP contribution in [-0.2, 0) is 6.42 Å². The molecule has 1 saturated heterocycles. The summed E-state index contributed by atoms with van der Waals surface area (Å²) in [6.45, 7) is 6.15.